The number of aryl methyl sites for hydroxylation is 1. The molecule has 0 spiro atoms. The molecule has 0 bridgehead atoms. The summed E-state index contributed by atoms with van der Waals surface area (Å²) in [4.78, 5) is 8.22. The third kappa shape index (κ3) is 3.14. The first-order chi connectivity index (χ1) is 6.77. The molecule has 1 atom stereocenters. The monoisotopic (exact) mass is 247 g/mol. The summed E-state index contributed by atoms with van der Waals surface area (Å²) in [5.74, 6) is 0. The van der Waals surface area contributed by atoms with Crippen LogP contribution in [0.25, 0.3) is 0 Å². The van der Waals surface area contributed by atoms with Crippen LogP contribution in [0.5, 0.6) is 0 Å². The zero-order valence-electron chi connectivity index (χ0n) is 9.19. The Morgan fingerprint density at radius 1 is 1.67 bits per heavy atom. The van der Waals surface area contributed by atoms with Crippen LogP contribution in [-0.4, -0.2) is 35.6 Å². The second-order valence-corrected chi connectivity index (χ2v) is 4.82. The van der Waals surface area contributed by atoms with Gasteiger partial charge in [0, 0.05) is 37.1 Å². The van der Waals surface area contributed by atoms with E-state index >= 15 is 0 Å². The normalized spacial score (nSPS) is 22.4. The molecule has 86 valence electrons. The number of nitrogens with one attached hydrogen (secondary N) is 1. The van der Waals surface area contributed by atoms with Crippen LogP contribution < -0.4 is 5.32 Å². The quantitative estimate of drug-likeness (QED) is 0.862. The van der Waals surface area contributed by atoms with E-state index in [1.807, 2.05) is 5.51 Å². The van der Waals surface area contributed by atoms with Crippen molar-refractivity contribution in [3.8, 4) is 0 Å². The predicted octanol–water partition coefficient (Wildman–Crippen LogP) is 1.67. The molecular formula is C10H18ClN3S. The Hall–Kier alpha value is -0.160. The number of thiazole rings is 1. The molecule has 5 heteroatoms. The third-order valence-electron chi connectivity index (χ3n) is 2.83. The smallest absolute Gasteiger partial charge is 0.0798 e. The average Bonchev–Trinajstić information content (AvgIpc) is 2.56. The highest BCUT2D eigenvalue weighted by Crippen LogP contribution is 2.16. The maximum Gasteiger partial charge on any atom is 0.0798 e. The fraction of sp³-hybridized carbons (Fsp3) is 0.700. The van der Waals surface area contributed by atoms with Crippen LogP contribution in [-0.2, 0) is 6.54 Å². The molecule has 0 radical (unpaired) electrons. The maximum atomic E-state index is 4.28. The molecule has 1 unspecified atom stereocenters. The van der Waals surface area contributed by atoms with E-state index in [-0.39, 0.29) is 12.4 Å². The standard InChI is InChI=1S/C10H17N3S.ClH/c1-8-5-11-3-4-13(8)6-10-9(2)12-7-14-10;/h7-8,11H,3-6H2,1-2H3;1H. The van der Waals surface area contributed by atoms with E-state index in [0.29, 0.717) is 6.04 Å². The van der Waals surface area contributed by atoms with Gasteiger partial charge >= 0.3 is 0 Å². The van der Waals surface area contributed by atoms with Crippen molar-refractivity contribution in [2.75, 3.05) is 19.6 Å². The van der Waals surface area contributed by atoms with Crippen LogP contribution in [0, 0.1) is 6.92 Å². The average molecular weight is 248 g/mol. The number of hydrogen-bond donors (Lipinski definition) is 1. The lowest BCUT2D eigenvalue weighted by Crippen LogP contribution is -2.49. The van der Waals surface area contributed by atoms with Gasteiger partial charge in [0.15, 0.2) is 0 Å². The molecule has 3 nitrogen and oxygen atoms in total. The Balaban J connectivity index is 0.00000112. The number of halogens is 1. The summed E-state index contributed by atoms with van der Waals surface area (Å²) in [6.07, 6.45) is 0. The Labute approximate surface area is 101 Å². The minimum absolute atomic E-state index is 0. The summed E-state index contributed by atoms with van der Waals surface area (Å²) in [5, 5.41) is 3.40. The van der Waals surface area contributed by atoms with Crippen molar-refractivity contribution < 1.29 is 0 Å². The Morgan fingerprint density at radius 3 is 3.07 bits per heavy atom. The van der Waals surface area contributed by atoms with Gasteiger partial charge in [-0.15, -0.1) is 23.7 Å². The molecule has 1 saturated heterocycles. The van der Waals surface area contributed by atoms with E-state index in [2.05, 4.69) is 29.0 Å². The fourth-order valence-corrected chi connectivity index (χ4v) is 2.58. The largest absolute Gasteiger partial charge is 0.314 e. The van der Waals surface area contributed by atoms with E-state index in [1.54, 1.807) is 11.3 Å². The number of piperazine rings is 1. The summed E-state index contributed by atoms with van der Waals surface area (Å²) in [6, 6.07) is 0.644. The molecule has 1 N–H and O–H groups in total. The Bertz CT molecular complexity index is 303. The first kappa shape index (κ1) is 12.9. The van der Waals surface area contributed by atoms with Crippen LogP contribution >= 0.6 is 23.7 Å². The van der Waals surface area contributed by atoms with Crippen molar-refractivity contribution in [1.82, 2.24) is 15.2 Å². The zero-order valence-corrected chi connectivity index (χ0v) is 10.8. The van der Waals surface area contributed by atoms with Gasteiger partial charge in [0.1, 0.15) is 0 Å². The fourth-order valence-electron chi connectivity index (χ4n) is 1.78. The lowest BCUT2D eigenvalue weighted by Gasteiger charge is -2.33. The molecule has 0 saturated carbocycles. The summed E-state index contributed by atoms with van der Waals surface area (Å²) in [6.45, 7) is 8.82. The molecule has 0 amide bonds. The number of aromatic nitrogens is 1. The first-order valence-corrected chi connectivity index (χ1v) is 5.99. The van der Waals surface area contributed by atoms with Crippen LogP contribution in [0.15, 0.2) is 5.51 Å². The third-order valence-corrected chi connectivity index (χ3v) is 3.75. The number of rotatable bonds is 2. The van der Waals surface area contributed by atoms with Crippen molar-refractivity contribution in [3.63, 3.8) is 0 Å². The van der Waals surface area contributed by atoms with Crippen molar-refractivity contribution in [2.24, 2.45) is 0 Å². The number of hydrogen-bond acceptors (Lipinski definition) is 4. The van der Waals surface area contributed by atoms with Gasteiger partial charge in [0.25, 0.3) is 0 Å². The highest BCUT2D eigenvalue weighted by atomic mass is 35.5. The van der Waals surface area contributed by atoms with Crippen LogP contribution in [0.3, 0.4) is 0 Å². The SMILES string of the molecule is Cc1ncsc1CN1CCNCC1C.Cl. The molecular weight excluding hydrogens is 230 g/mol. The van der Waals surface area contributed by atoms with E-state index in [9.17, 15) is 0 Å². The van der Waals surface area contributed by atoms with Crippen molar-refractivity contribution in [1.29, 1.82) is 0 Å². The Morgan fingerprint density at radius 2 is 2.47 bits per heavy atom. The lowest BCUT2D eigenvalue weighted by atomic mass is 10.2. The van der Waals surface area contributed by atoms with Crippen LogP contribution in [0.2, 0.25) is 0 Å². The lowest BCUT2D eigenvalue weighted by molar-refractivity contribution is 0.167. The van der Waals surface area contributed by atoms with Crippen LogP contribution in [0.1, 0.15) is 17.5 Å². The summed E-state index contributed by atoms with van der Waals surface area (Å²) in [7, 11) is 0. The molecule has 1 aliphatic heterocycles. The van der Waals surface area contributed by atoms with E-state index in [0.717, 1.165) is 26.2 Å². The highest BCUT2D eigenvalue weighted by molar-refractivity contribution is 7.09. The van der Waals surface area contributed by atoms with Crippen molar-refractivity contribution >= 4 is 23.7 Å². The van der Waals surface area contributed by atoms with Crippen molar-refractivity contribution in [2.45, 2.75) is 26.4 Å². The minimum Gasteiger partial charge on any atom is -0.314 e. The molecule has 2 heterocycles. The molecule has 0 aromatic carbocycles. The highest BCUT2D eigenvalue weighted by Gasteiger charge is 2.18. The van der Waals surface area contributed by atoms with E-state index in [1.165, 1.54) is 10.6 Å². The van der Waals surface area contributed by atoms with E-state index in [4.69, 9.17) is 0 Å². The van der Waals surface area contributed by atoms with Gasteiger partial charge in [-0.1, -0.05) is 0 Å². The molecule has 15 heavy (non-hydrogen) atoms. The second-order valence-electron chi connectivity index (χ2n) is 3.88. The molecule has 1 aromatic rings. The Kier molecular flexibility index (Phi) is 4.99. The summed E-state index contributed by atoms with van der Waals surface area (Å²) in [5.41, 5.74) is 3.14. The molecule has 1 aromatic heterocycles. The maximum absolute atomic E-state index is 4.28. The molecule has 2 rings (SSSR count). The van der Waals surface area contributed by atoms with Gasteiger partial charge < -0.3 is 5.32 Å². The minimum atomic E-state index is 0. The molecule has 1 aliphatic rings. The summed E-state index contributed by atoms with van der Waals surface area (Å²) >= 11 is 1.77. The van der Waals surface area contributed by atoms with Gasteiger partial charge in [0.05, 0.1) is 11.2 Å². The number of nitrogens with zero attached hydrogens (tertiary/aromatic N) is 2. The zero-order chi connectivity index (χ0) is 9.97. The van der Waals surface area contributed by atoms with Gasteiger partial charge in [-0.05, 0) is 13.8 Å². The van der Waals surface area contributed by atoms with Gasteiger partial charge in [0.2, 0.25) is 0 Å². The predicted molar refractivity (Wildman–Crippen MR) is 66.8 cm³/mol. The van der Waals surface area contributed by atoms with E-state index < -0.39 is 0 Å². The van der Waals surface area contributed by atoms with Crippen molar-refractivity contribution in [3.05, 3.63) is 16.1 Å². The van der Waals surface area contributed by atoms with Crippen LogP contribution in [0.4, 0.5) is 0 Å². The first-order valence-electron chi connectivity index (χ1n) is 5.11. The molecule has 0 aliphatic carbocycles. The summed E-state index contributed by atoms with van der Waals surface area (Å²) < 4.78 is 0. The van der Waals surface area contributed by atoms with Gasteiger partial charge in [-0.3, -0.25) is 4.90 Å². The molecule has 1 fully saturated rings. The van der Waals surface area contributed by atoms with Gasteiger partial charge in [-0.25, -0.2) is 4.98 Å². The second kappa shape index (κ2) is 5.80. The van der Waals surface area contributed by atoms with Gasteiger partial charge in [-0.2, -0.15) is 0 Å². The topological polar surface area (TPSA) is 28.2 Å².